The Kier molecular flexibility index (Phi) is 6.26. The van der Waals surface area contributed by atoms with Crippen LogP contribution in [0.5, 0.6) is 0 Å². The smallest absolute Gasteiger partial charge is 0.293 e. The van der Waals surface area contributed by atoms with Gasteiger partial charge in [-0.1, -0.05) is 24.3 Å². The van der Waals surface area contributed by atoms with E-state index in [4.69, 9.17) is 4.42 Å². The fourth-order valence-electron chi connectivity index (χ4n) is 3.19. The van der Waals surface area contributed by atoms with E-state index in [1.807, 2.05) is 0 Å². The molecule has 2 heterocycles. The van der Waals surface area contributed by atoms with Crippen LogP contribution < -0.4 is 15.5 Å². The molecular formula is C25H20N4O4. The van der Waals surface area contributed by atoms with Crippen molar-refractivity contribution in [2.45, 2.75) is 0 Å². The van der Waals surface area contributed by atoms with Crippen LogP contribution >= 0.6 is 0 Å². The van der Waals surface area contributed by atoms with E-state index < -0.39 is 5.91 Å². The highest BCUT2D eigenvalue weighted by molar-refractivity contribution is 6.13. The average molecular weight is 440 g/mol. The molecule has 2 aromatic carbocycles. The van der Waals surface area contributed by atoms with Gasteiger partial charge >= 0.3 is 0 Å². The molecule has 4 aromatic rings. The second kappa shape index (κ2) is 9.61. The van der Waals surface area contributed by atoms with Gasteiger partial charge in [-0.25, -0.2) is 4.98 Å². The second-order valence-corrected chi connectivity index (χ2v) is 7.06. The molecule has 0 radical (unpaired) electrons. The summed E-state index contributed by atoms with van der Waals surface area (Å²) < 4.78 is 5.18. The van der Waals surface area contributed by atoms with Gasteiger partial charge in [-0.15, -0.1) is 0 Å². The molecule has 2 aromatic heterocycles. The zero-order valence-electron chi connectivity index (χ0n) is 17.7. The minimum atomic E-state index is -0.424. The quantitative estimate of drug-likeness (QED) is 0.461. The molecule has 0 aliphatic carbocycles. The number of hydrogen-bond acceptors (Lipinski definition) is 5. The summed E-state index contributed by atoms with van der Waals surface area (Å²) in [6.45, 7) is 0. The number of pyridine rings is 1. The Hall–Kier alpha value is -4.72. The van der Waals surface area contributed by atoms with Crippen molar-refractivity contribution in [1.82, 2.24) is 4.98 Å². The molecule has 8 heteroatoms. The number of nitrogens with one attached hydrogen (secondary N) is 2. The lowest BCUT2D eigenvalue weighted by Gasteiger charge is -2.19. The van der Waals surface area contributed by atoms with Crippen molar-refractivity contribution in [3.63, 3.8) is 0 Å². The molecule has 0 saturated carbocycles. The van der Waals surface area contributed by atoms with E-state index in [0.29, 0.717) is 28.3 Å². The summed E-state index contributed by atoms with van der Waals surface area (Å²) in [5.74, 6) is -0.566. The van der Waals surface area contributed by atoms with Gasteiger partial charge in [-0.05, 0) is 54.6 Å². The van der Waals surface area contributed by atoms with Crippen LogP contribution in [0.25, 0.3) is 0 Å². The van der Waals surface area contributed by atoms with Crippen LogP contribution in [-0.2, 0) is 0 Å². The number of amides is 3. The molecule has 0 aliphatic rings. The molecule has 0 aliphatic heterocycles. The lowest BCUT2D eigenvalue weighted by Crippen LogP contribution is -2.28. The van der Waals surface area contributed by atoms with Gasteiger partial charge in [-0.3, -0.25) is 14.4 Å². The molecule has 4 rings (SSSR count). The zero-order chi connectivity index (χ0) is 23.2. The number of carbonyl (C=O) groups excluding carboxylic acids is 3. The molecule has 0 bridgehead atoms. The predicted molar refractivity (Wildman–Crippen MR) is 124 cm³/mol. The first-order valence-corrected chi connectivity index (χ1v) is 10.1. The van der Waals surface area contributed by atoms with Crippen molar-refractivity contribution in [3.05, 3.63) is 108 Å². The number of hydrogen-bond donors (Lipinski definition) is 2. The van der Waals surface area contributed by atoms with Crippen LogP contribution in [0.4, 0.5) is 17.2 Å². The molecule has 0 fully saturated rings. The third-order valence-electron chi connectivity index (χ3n) is 4.84. The Balaban J connectivity index is 1.52. The largest absolute Gasteiger partial charge is 0.459 e. The van der Waals surface area contributed by atoms with Crippen molar-refractivity contribution < 1.29 is 18.8 Å². The molecule has 164 valence electrons. The number of furan rings is 1. The summed E-state index contributed by atoms with van der Waals surface area (Å²) in [7, 11) is 1.57. The van der Waals surface area contributed by atoms with Crippen LogP contribution in [0.15, 0.2) is 95.7 Å². The van der Waals surface area contributed by atoms with Crippen molar-refractivity contribution in [2.75, 3.05) is 22.6 Å². The number of rotatable bonds is 6. The maximum atomic E-state index is 13.0. The number of para-hydroxylation sites is 1. The lowest BCUT2D eigenvalue weighted by molar-refractivity contribution is 0.0965. The molecule has 0 unspecified atom stereocenters. The van der Waals surface area contributed by atoms with Crippen molar-refractivity contribution >= 4 is 34.9 Å². The predicted octanol–water partition coefficient (Wildman–Crippen LogP) is 4.46. The summed E-state index contributed by atoms with van der Waals surface area (Å²) in [5.41, 5.74) is 1.50. The van der Waals surface area contributed by atoms with Crippen molar-refractivity contribution in [1.29, 1.82) is 0 Å². The second-order valence-electron chi connectivity index (χ2n) is 7.06. The molecule has 0 spiro atoms. The van der Waals surface area contributed by atoms with E-state index in [1.54, 1.807) is 92.1 Å². The van der Waals surface area contributed by atoms with Crippen LogP contribution in [0, 0.1) is 0 Å². The van der Waals surface area contributed by atoms with Crippen LogP contribution in [0.3, 0.4) is 0 Å². The fourth-order valence-corrected chi connectivity index (χ4v) is 3.19. The number of nitrogens with zero attached hydrogens (tertiary/aromatic N) is 2. The molecule has 8 nitrogen and oxygen atoms in total. The summed E-state index contributed by atoms with van der Waals surface area (Å²) in [6.07, 6.45) is 2.99. The Bertz CT molecular complexity index is 1290. The van der Waals surface area contributed by atoms with Crippen LogP contribution in [0.2, 0.25) is 0 Å². The van der Waals surface area contributed by atoms with Gasteiger partial charge in [-0.2, -0.15) is 0 Å². The molecule has 2 N–H and O–H groups in total. The molecule has 33 heavy (non-hydrogen) atoms. The topological polar surface area (TPSA) is 105 Å². The van der Waals surface area contributed by atoms with E-state index in [9.17, 15) is 14.4 Å². The Labute approximate surface area is 189 Å². The first-order chi connectivity index (χ1) is 16.0. The monoisotopic (exact) mass is 440 g/mol. The average Bonchev–Trinajstić information content (AvgIpc) is 3.39. The molecule has 3 amide bonds. The molecular weight excluding hydrogens is 420 g/mol. The molecule has 0 atom stereocenters. The number of aromatic nitrogens is 1. The van der Waals surface area contributed by atoms with Gasteiger partial charge in [0.25, 0.3) is 17.7 Å². The summed E-state index contributed by atoms with van der Waals surface area (Å²) in [5, 5.41) is 5.49. The van der Waals surface area contributed by atoms with Crippen molar-refractivity contribution in [2.24, 2.45) is 0 Å². The number of carbonyl (C=O) groups is 3. The highest BCUT2D eigenvalue weighted by atomic mass is 16.3. The van der Waals surface area contributed by atoms with Gasteiger partial charge < -0.3 is 20.0 Å². The Morgan fingerprint density at radius 1 is 0.848 bits per heavy atom. The van der Waals surface area contributed by atoms with E-state index in [-0.39, 0.29) is 17.6 Å². The summed E-state index contributed by atoms with van der Waals surface area (Å²) in [6, 6.07) is 21.7. The van der Waals surface area contributed by atoms with Crippen LogP contribution in [0.1, 0.15) is 31.3 Å². The summed E-state index contributed by atoms with van der Waals surface area (Å²) >= 11 is 0. The third-order valence-corrected chi connectivity index (χ3v) is 4.84. The Morgan fingerprint density at radius 3 is 2.42 bits per heavy atom. The van der Waals surface area contributed by atoms with Gasteiger partial charge in [0.2, 0.25) is 0 Å². The highest BCUT2D eigenvalue weighted by Gasteiger charge is 2.21. The minimum Gasteiger partial charge on any atom is -0.459 e. The third kappa shape index (κ3) is 4.96. The molecule has 0 saturated heterocycles. The van der Waals surface area contributed by atoms with Gasteiger partial charge in [0, 0.05) is 24.5 Å². The van der Waals surface area contributed by atoms with Gasteiger partial charge in [0.05, 0.1) is 17.5 Å². The SMILES string of the molecule is CN(C(=O)c1ccco1)c1ccccc1C(=O)Nc1cccc(C(=O)Nc2ccccn2)c1. The van der Waals surface area contributed by atoms with E-state index in [1.165, 1.54) is 11.2 Å². The standard InChI is InChI=1S/C25H20N4O4/c1-29(25(32)21-12-7-15-33-21)20-11-3-2-10-19(20)24(31)27-18-9-6-8-17(16-18)23(30)28-22-13-4-5-14-26-22/h2-16H,1H3,(H,27,31)(H,26,28,30). The minimum absolute atomic E-state index is 0.166. The maximum absolute atomic E-state index is 13.0. The van der Waals surface area contributed by atoms with E-state index in [2.05, 4.69) is 15.6 Å². The Morgan fingerprint density at radius 2 is 1.67 bits per heavy atom. The normalized spacial score (nSPS) is 10.3. The lowest BCUT2D eigenvalue weighted by atomic mass is 10.1. The maximum Gasteiger partial charge on any atom is 0.293 e. The van der Waals surface area contributed by atoms with E-state index in [0.717, 1.165) is 0 Å². The van der Waals surface area contributed by atoms with Gasteiger partial charge in [0.15, 0.2) is 5.76 Å². The van der Waals surface area contributed by atoms with Crippen molar-refractivity contribution in [3.8, 4) is 0 Å². The van der Waals surface area contributed by atoms with Gasteiger partial charge in [0.1, 0.15) is 5.82 Å². The van der Waals surface area contributed by atoms with Crippen LogP contribution in [-0.4, -0.2) is 29.8 Å². The first-order valence-electron chi connectivity index (χ1n) is 10.1. The highest BCUT2D eigenvalue weighted by Crippen LogP contribution is 2.23. The fraction of sp³-hybridized carbons (Fsp3) is 0.0400. The number of anilines is 3. The van der Waals surface area contributed by atoms with E-state index >= 15 is 0 Å². The summed E-state index contributed by atoms with van der Waals surface area (Å²) in [4.78, 5) is 43.7. The first kappa shape index (κ1) is 21.5. The number of benzene rings is 2. The zero-order valence-corrected chi connectivity index (χ0v) is 17.7.